The maximum Gasteiger partial charge on any atom is 0.352 e. The first-order valence-electron chi connectivity index (χ1n) is 8.15. The van der Waals surface area contributed by atoms with Gasteiger partial charge in [-0.3, -0.25) is 14.9 Å². The second kappa shape index (κ2) is 9.17. The highest BCUT2D eigenvalue weighted by Gasteiger charge is 2.37. The van der Waals surface area contributed by atoms with Gasteiger partial charge in [-0.05, 0) is 54.4 Å². The van der Waals surface area contributed by atoms with Gasteiger partial charge in [0.2, 0.25) is 0 Å². The van der Waals surface area contributed by atoms with E-state index in [0.717, 1.165) is 12.8 Å². The van der Waals surface area contributed by atoms with Crippen LogP contribution in [0.3, 0.4) is 0 Å². The van der Waals surface area contributed by atoms with Crippen molar-refractivity contribution in [3.8, 4) is 0 Å². The number of hydrogen-bond donors (Lipinski definition) is 1. The molecule has 0 radical (unpaired) electrons. The predicted molar refractivity (Wildman–Crippen MR) is 95.0 cm³/mol. The Hall–Kier alpha value is -0.220. The minimum Gasteiger partial charge on any atom is -0.307 e. The molecule has 0 aliphatic carbocycles. The molecule has 6 heteroatoms. The molecule has 0 spiro atoms. The first-order valence-corrected chi connectivity index (χ1v) is 9.76. The van der Waals surface area contributed by atoms with Gasteiger partial charge in [0, 0.05) is 11.8 Å². The van der Waals surface area contributed by atoms with E-state index < -0.39 is 13.4 Å². The molecule has 1 N–H and O–H groups in total. The minimum atomic E-state index is -3.31. The Balaban J connectivity index is 5.42. The van der Waals surface area contributed by atoms with Crippen molar-refractivity contribution in [3.63, 3.8) is 0 Å². The SMILES string of the molecule is CCCOP(=O)(OCCC)C(C=NC(C)(C)C)NC(C)(C)C. The van der Waals surface area contributed by atoms with Gasteiger partial charge in [0.1, 0.15) is 5.78 Å². The maximum absolute atomic E-state index is 13.2. The van der Waals surface area contributed by atoms with Crippen LogP contribution in [0.1, 0.15) is 68.2 Å². The molecule has 0 saturated carbocycles. The average Bonchev–Trinajstić information content (AvgIpc) is 2.36. The third kappa shape index (κ3) is 9.73. The lowest BCUT2D eigenvalue weighted by atomic mass is 10.1. The Kier molecular flexibility index (Phi) is 9.08. The largest absolute Gasteiger partial charge is 0.352 e. The van der Waals surface area contributed by atoms with Crippen molar-refractivity contribution in [2.75, 3.05) is 13.2 Å². The summed E-state index contributed by atoms with van der Waals surface area (Å²) in [6, 6.07) is 0. The maximum atomic E-state index is 13.2. The number of nitrogens with zero attached hydrogens (tertiary/aromatic N) is 1. The molecular weight excluding hydrogens is 299 g/mol. The van der Waals surface area contributed by atoms with Crippen molar-refractivity contribution in [1.82, 2.24) is 5.32 Å². The molecule has 132 valence electrons. The molecule has 0 saturated heterocycles. The topological polar surface area (TPSA) is 59.9 Å². The normalized spacial score (nSPS) is 15.5. The zero-order chi connectivity index (χ0) is 17.4. The fourth-order valence-electron chi connectivity index (χ4n) is 1.57. The van der Waals surface area contributed by atoms with Crippen molar-refractivity contribution in [1.29, 1.82) is 0 Å². The molecule has 0 bridgehead atoms. The summed E-state index contributed by atoms with van der Waals surface area (Å²) in [7, 11) is -3.31. The van der Waals surface area contributed by atoms with Crippen LogP contribution < -0.4 is 5.32 Å². The molecule has 0 aromatic heterocycles. The van der Waals surface area contributed by atoms with Crippen LogP contribution >= 0.6 is 7.60 Å². The summed E-state index contributed by atoms with van der Waals surface area (Å²) in [4.78, 5) is 4.50. The van der Waals surface area contributed by atoms with Crippen LogP contribution in [0.4, 0.5) is 0 Å². The lowest BCUT2D eigenvalue weighted by Gasteiger charge is -2.31. The Morgan fingerprint density at radius 2 is 1.50 bits per heavy atom. The van der Waals surface area contributed by atoms with E-state index in [0.29, 0.717) is 13.2 Å². The van der Waals surface area contributed by atoms with Gasteiger partial charge in [0.05, 0.1) is 18.8 Å². The number of rotatable bonds is 9. The van der Waals surface area contributed by atoms with Gasteiger partial charge in [-0.15, -0.1) is 0 Å². The van der Waals surface area contributed by atoms with E-state index in [9.17, 15) is 4.57 Å². The molecular formula is C16H35N2O3P. The molecule has 0 fully saturated rings. The fourth-order valence-corrected chi connectivity index (χ4v) is 3.62. The van der Waals surface area contributed by atoms with Gasteiger partial charge >= 0.3 is 7.60 Å². The van der Waals surface area contributed by atoms with E-state index in [1.807, 2.05) is 55.4 Å². The van der Waals surface area contributed by atoms with Gasteiger partial charge in [-0.2, -0.15) is 0 Å². The summed E-state index contributed by atoms with van der Waals surface area (Å²) >= 11 is 0. The molecule has 1 atom stereocenters. The van der Waals surface area contributed by atoms with E-state index in [-0.39, 0.29) is 11.1 Å². The summed E-state index contributed by atoms with van der Waals surface area (Å²) in [5, 5.41) is 3.32. The van der Waals surface area contributed by atoms with Crippen molar-refractivity contribution in [3.05, 3.63) is 0 Å². The summed E-state index contributed by atoms with van der Waals surface area (Å²) in [5.74, 6) is -0.551. The predicted octanol–water partition coefficient (Wildman–Crippen LogP) is 4.62. The monoisotopic (exact) mass is 334 g/mol. The minimum absolute atomic E-state index is 0.227. The van der Waals surface area contributed by atoms with E-state index in [2.05, 4.69) is 10.3 Å². The molecule has 5 nitrogen and oxygen atoms in total. The van der Waals surface area contributed by atoms with Gasteiger partial charge in [0.15, 0.2) is 0 Å². The third-order valence-corrected chi connectivity index (χ3v) is 4.50. The molecule has 0 heterocycles. The number of hydrogen-bond acceptors (Lipinski definition) is 5. The summed E-state index contributed by atoms with van der Waals surface area (Å²) in [5.41, 5.74) is -0.465. The van der Waals surface area contributed by atoms with E-state index in [1.165, 1.54) is 0 Å². The highest BCUT2D eigenvalue weighted by molar-refractivity contribution is 7.55. The summed E-state index contributed by atoms with van der Waals surface area (Å²) in [6.45, 7) is 16.9. The van der Waals surface area contributed by atoms with Gasteiger partial charge in [-0.1, -0.05) is 13.8 Å². The second-order valence-corrected chi connectivity index (χ2v) is 9.65. The van der Waals surface area contributed by atoms with E-state index in [4.69, 9.17) is 9.05 Å². The smallest absolute Gasteiger partial charge is 0.307 e. The third-order valence-electron chi connectivity index (χ3n) is 2.48. The first-order chi connectivity index (χ1) is 9.93. The van der Waals surface area contributed by atoms with Crippen LogP contribution in [0.25, 0.3) is 0 Å². The van der Waals surface area contributed by atoms with Gasteiger partial charge in [0.25, 0.3) is 0 Å². The number of nitrogens with one attached hydrogen (secondary N) is 1. The van der Waals surface area contributed by atoms with Crippen LogP contribution in [0.15, 0.2) is 4.99 Å². The van der Waals surface area contributed by atoms with Crippen LogP contribution in [-0.2, 0) is 13.6 Å². The summed E-state index contributed by atoms with van der Waals surface area (Å²) < 4.78 is 24.5. The van der Waals surface area contributed by atoms with Crippen LogP contribution in [0, 0.1) is 0 Å². The molecule has 0 aliphatic heterocycles. The molecule has 1 unspecified atom stereocenters. The molecule has 0 rings (SSSR count). The van der Waals surface area contributed by atoms with Crippen LogP contribution in [0.2, 0.25) is 0 Å². The first kappa shape index (κ1) is 21.8. The van der Waals surface area contributed by atoms with Crippen molar-refractivity contribution >= 4 is 13.8 Å². The van der Waals surface area contributed by atoms with Crippen LogP contribution in [0.5, 0.6) is 0 Å². The number of aliphatic imine (C=N–C) groups is 1. The molecule has 0 amide bonds. The second-order valence-electron chi connectivity index (χ2n) is 7.49. The van der Waals surface area contributed by atoms with Crippen molar-refractivity contribution < 1.29 is 13.6 Å². The quantitative estimate of drug-likeness (QED) is 0.494. The van der Waals surface area contributed by atoms with E-state index >= 15 is 0 Å². The standard InChI is InChI=1S/C16H35N2O3P/c1-9-11-20-22(19,21-12-10-2)14(18-16(6,7)8)13-17-15(3,4)5/h13-14,18H,9-12H2,1-8H3. The van der Waals surface area contributed by atoms with Crippen molar-refractivity contribution in [2.24, 2.45) is 4.99 Å². The Bertz CT molecular complexity index is 372. The van der Waals surface area contributed by atoms with Gasteiger partial charge in [-0.25, -0.2) is 0 Å². The van der Waals surface area contributed by atoms with Gasteiger partial charge < -0.3 is 9.05 Å². The lowest BCUT2D eigenvalue weighted by molar-refractivity contribution is 0.195. The fraction of sp³-hybridized carbons (Fsp3) is 0.938. The Morgan fingerprint density at radius 1 is 1.05 bits per heavy atom. The van der Waals surface area contributed by atoms with Crippen LogP contribution in [-0.4, -0.2) is 36.3 Å². The Morgan fingerprint density at radius 3 is 1.82 bits per heavy atom. The molecule has 22 heavy (non-hydrogen) atoms. The zero-order valence-corrected chi connectivity index (χ0v) is 16.5. The highest BCUT2D eigenvalue weighted by atomic mass is 31.2. The molecule has 0 aromatic carbocycles. The average molecular weight is 334 g/mol. The summed E-state index contributed by atoms with van der Waals surface area (Å²) in [6.07, 6.45) is 3.27. The highest BCUT2D eigenvalue weighted by Crippen LogP contribution is 2.52. The van der Waals surface area contributed by atoms with E-state index in [1.54, 1.807) is 6.21 Å². The zero-order valence-electron chi connectivity index (χ0n) is 15.6. The molecule has 0 aliphatic rings. The lowest BCUT2D eigenvalue weighted by Crippen LogP contribution is -2.45. The molecule has 0 aromatic rings. The van der Waals surface area contributed by atoms with Crippen molar-refractivity contribution in [2.45, 2.75) is 85.1 Å². The Labute approximate surface area is 136 Å².